The summed E-state index contributed by atoms with van der Waals surface area (Å²) in [6, 6.07) is 8.98. The molecule has 0 atom stereocenters. The monoisotopic (exact) mass is 398 g/mol. The number of amides is 2. The van der Waals surface area contributed by atoms with Crippen molar-refractivity contribution in [3.8, 4) is 0 Å². The van der Waals surface area contributed by atoms with Crippen molar-refractivity contribution in [1.29, 1.82) is 0 Å². The van der Waals surface area contributed by atoms with E-state index in [1.165, 1.54) is 25.7 Å². The summed E-state index contributed by atoms with van der Waals surface area (Å²) in [5, 5.41) is 3.27. The van der Waals surface area contributed by atoms with Crippen molar-refractivity contribution in [3.05, 3.63) is 29.8 Å². The van der Waals surface area contributed by atoms with E-state index in [2.05, 4.69) is 15.1 Å². The van der Waals surface area contributed by atoms with Crippen molar-refractivity contribution in [2.45, 2.75) is 57.5 Å². The maximum Gasteiger partial charge on any atom is 0.317 e. The summed E-state index contributed by atoms with van der Waals surface area (Å²) in [5.74, 6) is 0.0991. The Bertz CT molecular complexity index is 698. The van der Waals surface area contributed by atoms with Gasteiger partial charge in [0.25, 0.3) is 0 Å². The first-order valence-corrected chi connectivity index (χ1v) is 11.3. The van der Waals surface area contributed by atoms with E-state index in [9.17, 15) is 9.59 Å². The van der Waals surface area contributed by atoms with Gasteiger partial charge in [0.1, 0.15) is 0 Å². The second-order valence-electron chi connectivity index (χ2n) is 8.78. The van der Waals surface area contributed by atoms with E-state index in [4.69, 9.17) is 0 Å². The Hall–Kier alpha value is -2.08. The number of urea groups is 1. The standard InChI is InChI=1S/C23H34N4O2/c1-18(28)19-6-8-22(9-7-19)25-12-10-20(11-13-25)24-23(29)27-16-14-26(15-17-27)21-4-2-3-5-21/h6-9,20-21H,2-5,10-17H2,1H3,(H,24,29). The molecule has 1 N–H and O–H groups in total. The summed E-state index contributed by atoms with van der Waals surface area (Å²) in [4.78, 5) is 31.1. The maximum atomic E-state index is 12.7. The molecule has 0 aromatic heterocycles. The molecule has 158 valence electrons. The minimum atomic E-state index is 0.0991. The second kappa shape index (κ2) is 9.16. The van der Waals surface area contributed by atoms with E-state index in [1.807, 2.05) is 29.2 Å². The minimum Gasteiger partial charge on any atom is -0.371 e. The Labute approximate surface area is 174 Å². The highest BCUT2D eigenvalue weighted by atomic mass is 16.2. The molecule has 2 aliphatic heterocycles. The van der Waals surface area contributed by atoms with E-state index in [0.29, 0.717) is 0 Å². The van der Waals surface area contributed by atoms with Crippen LogP contribution in [0.2, 0.25) is 0 Å². The number of carbonyl (C=O) groups is 2. The molecule has 3 aliphatic rings. The van der Waals surface area contributed by atoms with E-state index >= 15 is 0 Å². The zero-order valence-electron chi connectivity index (χ0n) is 17.6. The number of Topliss-reactive ketones (excluding diaryl/α,β-unsaturated/α-hetero) is 1. The molecule has 2 heterocycles. The molecule has 29 heavy (non-hydrogen) atoms. The van der Waals surface area contributed by atoms with Crippen LogP contribution in [-0.4, -0.2) is 73.0 Å². The van der Waals surface area contributed by atoms with Gasteiger partial charge >= 0.3 is 6.03 Å². The predicted molar refractivity (Wildman–Crippen MR) is 116 cm³/mol. The average Bonchev–Trinajstić information content (AvgIpc) is 3.29. The van der Waals surface area contributed by atoms with Crippen LogP contribution in [0, 0.1) is 0 Å². The van der Waals surface area contributed by atoms with Crippen LogP contribution in [0.3, 0.4) is 0 Å². The first kappa shape index (κ1) is 20.2. The molecule has 2 saturated heterocycles. The smallest absolute Gasteiger partial charge is 0.317 e. The van der Waals surface area contributed by atoms with Gasteiger partial charge in [0.2, 0.25) is 0 Å². The van der Waals surface area contributed by atoms with Gasteiger partial charge in [-0.25, -0.2) is 4.79 Å². The topological polar surface area (TPSA) is 55.9 Å². The number of nitrogens with zero attached hydrogens (tertiary/aromatic N) is 3. The summed E-state index contributed by atoms with van der Waals surface area (Å²) in [7, 11) is 0. The van der Waals surface area contributed by atoms with Crippen LogP contribution in [-0.2, 0) is 0 Å². The number of hydrogen-bond donors (Lipinski definition) is 1. The lowest BCUT2D eigenvalue weighted by molar-refractivity contribution is 0.101. The van der Waals surface area contributed by atoms with E-state index in [-0.39, 0.29) is 17.9 Å². The number of nitrogens with one attached hydrogen (secondary N) is 1. The Balaban J connectivity index is 1.20. The Morgan fingerprint density at radius 3 is 2.07 bits per heavy atom. The van der Waals surface area contributed by atoms with Gasteiger partial charge in [0.15, 0.2) is 5.78 Å². The molecule has 0 spiro atoms. The van der Waals surface area contributed by atoms with Gasteiger partial charge < -0.3 is 15.1 Å². The summed E-state index contributed by atoms with van der Waals surface area (Å²) in [6.07, 6.45) is 7.32. The van der Waals surface area contributed by atoms with Gasteiger partial charge in [-0.05, 0) is 56.9 Å². The lowest BCUT2D eigenvalue weighted by Gasteiger charge is -2.39. The Kier molecular flexibility index (Phi) is 6.38. The van der Waals surface area contributed by atoms with Gasteiger partial charge in [0, 0.05) is 62.6 Å². The first-order valence-electron chi connectivity index (χ1n) is 11.3. The molecule has 0 radical (unpaired) electrons. The van der Waals surface area contributed by atoms with Crippen molar-refractivity contribution in [1.82, 2.24) is 15.1 Å². The van der Waals surface area contributed by atoms with Crippen molar-refractivity contribution in [3.63, 3.8) is 0 Å². The number of ketones is 1. The molecule has 1 aromatic rings. The van der Waals surface area contributed by atoms with Gasteiger partial charge in [-0.1, -0.05) is 12.8 Å². The van der Waals surface area contributed by atoms with Gasteiger partial charge in [-0.2, -0.15) is 0 Å². The number of rotatable bonds is 4. The van der Waals surface area contributed by atoms with Gasteiger partial charge in [0.05, 0.1) is 0 Å². The van der Waals surface area contributed by atoms with Crippen molar-refractivity contribution in [2.24, 2.45) is 0 Å². The van der Waals surface area contributed by atoms with Gasteiger partial charge in [-0.3, -0.25) is 9.69 Å². The first-order chi connectivity index (χ1) is 14.1. The number of hydrogen-bond acceptors (Lipinski definition) is 4. The fourth-order valence-electron chi connectivity index (χ4n) is 5.01. The van der Waals surface area contributed by atoms with Crippen LogP contribution >= 0.6 is 0 Å². The second-order valence-corrected chi connectivity index (χ2v) is 8.78. The largest absolute Gasteiger partial charge is 0.371 e. The quantitative estimate of drug-likeness (QED) is 0.792. The van der Waals surface area contributed by atoms with Crippen LogP contribution < -0.4 is 10.2 Å². The van der Waals surface area contributed by atoms with E-state index < -0.39 is 0 Å². The van der Waals surface area contributed by atoms with Crippen LogP contribution in [0.4, 0.5) is 10.5 Å². The normalized spacial score (nSPS) is 22.1. The van der Waals surface area contributed by atoms with E-state index in [0.717, 1.165) is 69.4 Å². The zero-order chi connectivity index (χ0) is 20.2. The summed E-state index contributed by atoms with van der Waals surface area (Å²) < 4.78 is 0. The molecule has 2 amide bonds. The molecule has 6 nitrogen and oxygen atoms in total. The Morgan fingerprint density at radius 1 is 0.862 bits per heavy atom. The van der Waals surface area contributed by atoms with Crippen LogP contribution in [0.25, 0.3) is 0 Å². The van der Waals surface area contributed by atoms with Crippen LogP contribution in [0.15, 0.2) is 24.3 Å². The summed E-state index contributed by atoms with van der Waals surface area (Å²) >= 11 is 0. The zero-order valence-corrected chi connectivity index (χ0v) is 17.6. The fraction of sp³-hybridized carbons (Fsp3) is 0.652. The minimum absolute atomic E-state index is 0.0991. The van der Waals surface area contributed by atoms with Gasteiger partial charge in [-0.15, -0.1) is 0 Å². The molecular weight excluding hydrogens is 364 g/mol. The highest BCUT2D eigenvalue weighted by Crippen LogP contribution is 2.24. The van der Waals surface area contributed by atoms with Crippen LogP contribution in [0.5, 0.6) is 0 Å². The third kappa shape index (κ3) is 4.92. The molecule has 1 aromatic carbocycles. The third-order valence-electron chi connectivity index (χ3n) is 6.90. The van der Waals surface area contributed by atoms with Crippen molar-refractivity contribution < 1.29 is 9.59 Å². The number of benzene rings is 1. The molecule has 3 fully saturated rings. The SMILES string of the molecule is CC(=O)c1ccc(N2CCC(NC(=O)N3CCN(C4CCCC4)CC3)CC2)cc1. The lowest BCUT2D eigenvalue weighted by Crippen LogP contribution is -2.56. The predicted octanol–water partition coefficient (Wildman–Crippen LogP) is 3.13. The van der Waals surface area contributed by atoms with Crippen LogP contribution in [0.1, 0.15) is 55.8 Å². The maximum absolute atomic E-state index is 12.7. The summed E-state index contributed by atoms with van der Waals surface area (Å²) in [5.41, 5.74) is 1.91. The molecule has 0 bridgehead atoms. The Morgan fingerprint density at radius 2 is 1.48 bits per heavy atom. The number of carbonyl (C=O) groups excluding carboxylic acids is 2. The molecule has 0 unspecified atom stereocenters. The average molecular weight is 399 g/mol. The lowest BCUT2D eigenvalue weighted by atomic mass is 10.0. The summed E-state index contributed by atoms with van der Waals surface area (Å²) in [6.45, 7) is 7.20. The molecule has 4 rings (SSSR count). The highest BCUT2D eigenvalue weighted by Gasteiger charge is 2.29. The molecule has 6 heteroatoms. The number of piperidine rings is 1. The van der Waals surface area contributed by atoms with E-state index in [1.54, 1.807) is 6.92 Å². The number of piperazine rings is 1. The fourth-order valence-corrected chi connectivity index (χ4v) is 5.01. The molecule has 1 aliphatic carbocycles. The van der Waals surface area contributed by atoms with Crippen molar-refractivity contribution >= 4 is 17.5 Å². The highest BCUT2D eigenvalue weighted by molar-refractivity contribution is 5.94. The number of anilines is 1. The molecular formula is C23H34N4O2. The third-order valence-corrected chi connectivity index (χ3v) is 6.90. The molecule has 1 saturated carbocycles. The van der Waals surface area contributed by atoms with Crippen molar-refractivity contribution in [2.75, 3.05) is 44.2 Å².